The highest BCUT2D eigenvalue weighted by molar-refractivity contribution is 7.08. The minimum absolute atomic E-state index is 0.107. The predicted molar refractivity (Wildman–Crippen MR) is 92.4 cm³/mol. The van der Waals surface area contributed by atoms with E-state index in [0.29, 0.717) is 19.7 Å². The van der Waals surface area contributed by atoms with E-state index in [1.54, 1.807) is 29.9 Å². The summed E-state index contributed by atoms with van der Waals surface area (Å²) in [6, 6.07) is 1.89. The number of morpholine rings is 1. The Morgan fingerprint density at radius 2 is 2.25 bits per heavy atom. The quantitative estimate of drug-likeness (QED) is 0.834. The molecule has 1 amide bonds. The third kappa shape index (κ3) is 3.01. The van der Waals surface area contributed by atoms with E-state index in [1.165, 1.54) is 0 Å². The van der Waals surface area contributed by atoms with Gasteiger partial charge in [-0.3, -0.25) is 9.78 Å². The molecule has 1 atom stereocenters. The summed E-state index contributed by atoms with van der Waals surface area (Å²) in [4.78, 5) is 25.4. The highest BCUT2D eigenvalue weighted by Gasteiger charge is 2.42. The molecule has 0 saturated carbocycles. The van der Waals surface area contributed by atoms with Crippen LogP contribution in [-0.2, 0) is 4.74 Å². The number of piperidine rings is 1. The Kier molecular flexibility index (Phi) is 4.20. The summed E-state index contributed by atoms with van der Waals surface area (Å²) in [5.74, 6) is 0.983. The molecule has 6 nitrogen and oxygen atoms in total. The van der Waals surface area contributed by atoms with Crippen LogP contribution in [0.4, 0.5) is 5.82 Å². The molecule has 1 spiro atoms. The van der Waals surface area contributed by atoms with Gasteiger partial charge in [0.15, 0.2) is 0 Å². The predicted octanol–water partition coefficient (Wildman–Crippen LogP) is 2.05. The molecule has 0 unspecified atom stereocenters. The van der Waals surface area contributed by atoms with Crippen LogP contribution in [0.1, 0.15) is 23.2 Å². The maximum atomic E-state index is 12.7. The van der Waals surface area contributed by atoms with Crippen LogP contribution in [0.25, 0.3) is 0 Å². The number of rotatable bonds is 2. The topological polar surface area (TPSA) is 58.6 Å². The summed E-state index contributed by atoms with van der Waals surface area (Å²) < 4.78 is 6.17. The molecule has 2 aliphatic rings. The summed E-state index contributed by atoms with van der Waals surface area (Å²) in [5, 5.41) is 3.86. The number of hydrogen-bond acceptors (Lipinski definition) is 6. The van der Waals surface area contributed by atoms with Crippen molar-refractivity contribution in [2.45, 2.75) is 18.4 Å². The molecule has 0 aliphatic carbocycles. The number of carbonyl (C=O) groups excluding carboxylic acids is 1. The molecule has 126 valence electrons. The number of anilines is 1. The van der Waals surface area contributed by atoms with Crippen molar-refractivity contribution in [1.29, 1.82) is 0 Å². The lowest BCUT2D eigenvalue weighted by Gasteiger charge is -2.48. The van der Waals surface area contributed by atoms with E-state index >= 15 is 0 Å². The normalized spacial score (nSPS) is 24.3. The molecule has 0 N–H and O–H groups in total. The van der Waals surface area contributed by atoms with E-state index < -0.39 is 0 Å². The van der Waals surface area contributed by atoms with Gasteiger partial charge in [-0.15, -0.1) is 0 Å². The molecule has 0 aromatic carbocycles. The van der Waals surface area contributed by atoms with Crippen LogP contribution < -0.4 is 4.90 Å². The lowest BCUT2D eigenvalue weighted by Crippen LogP contribution is -2.61. The van der Waals surface area contributed by atoms with E-state index in [9.17, 15) is 4.79 Å². The number of nitrogens with zero attached hydrogens (tertiary/aromatic N) is 4. The fourth-order valence-electron chi connectivity index (χ4n) is 3.58. The average molecular weight is 344 g/mol. The maximum Gasteiger partial charge on any atom is 0.254 e. The van der Waals surface area contributed by atoms with Crippen LogP contribution in [0.2, 0.25) is 0 Å². The summed E-state index contributed by atoms with van der Waals surface area (Å²) in [7, 11) is 0. The molecule has 4 rings (SSSR count). The van der Waals surface area contributed by atoms with E-state index in [4.69, 9.17) is 4.74 Å². The second-order valence-corrected chi connectivity index (χ2v) is 7.14. The van der Waals surface area contributed by atoms with Gasteiger partial charge in [-0.2, -0.15) is 11.3 Å². The van der Waals surface area contributed by atoms with Gasteiger partial charge >= 0.3 is 0 Å². The molecular formula is C17H20N4O2S. The molecule has 2 saturated heterocycles. The summed E-state index contributed by atoms with van der Waals surface area (Å²) in [5.41, 5.74) is 0.471. The van der Waals surface area contributed by atoms with Crippen molar-refractivity contribution in [3.05, 3.63) is 41.0 Å². The minimum atomic E-state index is -0.306. The van der Waals surface area contributed by atoms with Crippen molar-refractivity contribution in [2.24, 2.45) is 0 Å². The van der Waals surface area contributed by atoms with Gasteiger partial charge < -0.3 is 14.5 Å². The average Bonchev–Trinajstić information content (AvgIpc) is 3.17. The molecule has 4 heterocycles. The van der Waals surface area contributed by atoms with Crippen molar-refractivity contribution in [3.8, 4) is 0 Å². The fraction of sp³-hybridized carbons (Fsp3) is 0.471. The Morgan fingerprint density at radius 1 is 1.29 bits per heavy atom. The Bertz CT molecular complexity index is 690. The molecule has 0 radical (unpaired) electrons. The molecule has 24 heavy (non-hydrogen) atoms. The number of thiophene rings is 1. The van der Waals surface area contributed by atoms with Crippen LogP contribution in [0.3, 0.4) is 0 Å². The summed E-state index contributed by atoms with van der Waals surface area (Å²) in [6.07, 6.45) is 7.18. The first-order valence-corrected chi connectivity index (χ1v) is 9.16. The Morgan fingerprint density at radius 3 is 3.04 bits per heavy atom. The Hall–Kier alpha value is -1.99. The number of amides is 1. The van der Waals surface area contributed by atoms with E-state index in [2.05, 4.69) is 14.9 Å². The van der Waals surface area contributed by atoms with Crippen molar-refractivity contribution >= 4 is 23.1 Å². The largest absolute Gasteiger partial charge is 0.369 e. The third-order valence-corrected chi connectivity index (χ3v) is 5.40. The van der Waals surface area contributed by atoms with E-state index in [-0.39, 0.29) is 11.5 Å². The molecule has 0 bridgehead atoms. The van der Waals surface area contributed by atoms with Gasteiger partial charge in [-0.1, -0.05) is 0 Å². The number of ether oxygens (including phenoxy) is 1. The van der Waals surface area contributed by atoms with Crippen molar-refractivity contribution in [3.63, 3.8) is 0 Å². The van der Waals surface area contributed by atoms with Crippen LogP contribution in [0, 0.1) is 0 Å². The van der Waals surface area contributed by atoms with Crippen molar-refractivity contribution in [2.75, 3.05) is 37.7 Å². The first-order chi connectivity index (χ1) is 11.8. The second kappa shape index (κ2) is 6.49. The van der Waals surface area contributed by atoms with Gasteiger partial charge in [-0.25, -0.2) is 4.98 Å². The molecule has 2 fully saturated rings. The monoisotopic (exact) mass is 344 g/mol. The second-order valence-electron chi connectivity index (χ2n) is 6.36. The van der Waals surface area contributed by atoms with Crippen molar-refractivity contribution in [1.82, 2.24) is 14.9 Å². The zero-order valence-electron chi connectivity index (χ0n) is 13.4. The van der Waals surface area contributed by atoms with Gasteiger partial charge in [0.25, 0.3) is 5.91 Å². The Labute approximate surface area is 145 Å². The molecule has 7 heteroatoms. The zero-order chi connectivity index (χ0) is 16.4. The lowest BCUT2D eigenvalue weighted by molar-refractivity contribution is -0.105. The van der Waals surface area contributed by atoms with Crippen LogP contribution >= 0.6 is 11.3 Å². The SMILES string of the molecule is O=C(c1ccsc1)N1CCO[C@]2(CCCN(c3cnccn3)C2)C1. The zero-order valence-corrected chi connectivity index (χ0v) is 14.2. The Balaban J connectivity index is 1.50. The highest BCUT2D eigenvalue weighted by atomic mass is 32.1. The lowest BCUT2D eigenvalue weighted by atomic mass is 9.90. The smallest absolute Gasteiger partial charge is 0.254 e. The van der Waals surface area contributed by atoms with Crippen LogP contribution in [0.5, 0.6) is 0 Å². The van der Waals surface area contributed by atoms with Crippen molar-refractivity contribution < 1.29 is 9.53 Å². The van der Waals surface area contributed by atoms with E-state index in [1.807, 2.05) is 21.7 Å². The van der Waals surface area contributed by atoms with Gasteiger partial charge in [0, 0.05) is 30.9 Å². The molecule has 2 aliphatic heterocycles. The highest BCUT2D eigenvalue weighted by Crippen LogP contribution is 2.31. The fourth-order valence-corrected chi connectivity index (χ4v) is 4.21. The minimum Gasteiger partial charge on any atom is -0.369 e. The maximum absolute atomic E-state index is 12.7. The molecule has 2 aromatic rings. The molecule has 2 aromatic heterocycles. The summed E-state index contributed by atoms with van der Waals surface area (Å²) in [6.45, 7) is 3.57. The van der Waals surface area contributed by atoms with Gasteiger partial charge in [0.05, 0.1) is 31.5 Å². The molecular weight excluding hydrogens is 324 g/mol. The third-order valence-electron chi connectivity index (χ3n) is 4.72. The summed E-state index contributed by atoms with van der Waals surface area (Å²) >= 11 is 1.55. The van der Waals surface area contributed by atoms with Crippen LogP contribution in [-0.4, -0.2) is 59.2 Å². The first kappa shape index (κ1) is 15.5. The standard InChI is InChI=1S/C17H20N4O2S/c22-16(14-2-9-24-11-14)21-7-8-23-17(13-21)3-1-6-20(12-17)15-10-18-4-5-19-15/h2,4-5,9-11H,1,3,6-8,12-13H2/t17-/m0/s1. The van der Waals surface area contributed by atoms with Gasteiger partial charge in [0.2, 0.25) is 0 Å². The number of carbonyl (C=O) groups is 1. The van der Waals surface area contributed by atoms with Crippen LogP contribution in [0.15, 0.2) is 35.4 Å². The van der Waals surface area contributed by atoms with E-state index in [0.717, 1.165) is 37.3 Å². The van der Waals surface area contributed by atoms with Gasteiger partial charge in [-0.05, 0) is 24.3 Å². The first-order valence-electron chi connectivity index (χ1n) is 8.22. The van der Waals surface area contributed by atoms with Gasteiger partial charge in [0.1, 0.15) is 11.4 Å². The number of aromatic nitrogens is 2. The number of hydrogen-bond donors (Lipinski definition) is 0.